The summed E-state index contributed by atoms with van der Waals surface area (Å²) in [5.41, 5.74) is 2.14. The van der Waals surface area contributed by atoms with E-state index in [1.165, 1.54) is 7.11 Å². The third-order valence-corrected chi connectivity index (χ3v) is 8.48. The molecule has 204 valence electrons. The lowest BCUT2D eigenvalue weighted by Crippen LogP contribution is -3.18. The maximum absolute atomic E-state index is 13.0. The summed E-state index contributed by atoms with van der Waals surface area (Å²) in [5.74, 6) is -1.75. The maximum Gasteiger partial charge on any atom is 0.317 e. The first-order valence-electron chi connectivity index (χ1n) is 12.9. The second kappa shape index (κ2) is 9.85. The maximum atomic E-state index is 13.0. The number of aliphatic hydroxyl groups excluding tert-OH is 4. The van der Waals surface area contributed by atoms with Crippen LogP contribution in [0.5, 0.6) is 0 Å². The van der Waals surface area contributed by atoms with E-state index in [0.29, 0.717) is 13.0 Å². The minimum atomic E-state index is -1.58. The number of carbonyl (C=O) groups excluding carboxylic acids is 1. The molecule has 0 amide bonds. The number of hydrogen-bond acceptors (Lipinski definition) is 9. The Balaban J connectivity index is 1.38. The number of aromatic amines is 1. The van der Waals surface area contributed by atoms with Crippen molar-refractivity contribution in [3.8, 4) is 0 Å². The number of para-hydroxylation sites is 1. The molecule has 1 aromatic heterocycles. The first-order valence-corrected chi connectivity index (χ1v) is 12.9. The predicted octanol–water partition coefficient (Wildman–Crippen LogP) is -2.93. The minimum absolute atomic E-state index is 0.287. The molecule has 1 aromatic carbocycles. The first kappa shape index (κ1) is 25.7. The Morgan fingerprint density at radius 1 is 1.18 bits per heavy atom. The number of carbonyl (C=O) groups is 1. The number of rotatable bonds is 5. The van der Waals surface area contributed by atoms with Gasteiger partial charge in [0.15, 0.2) is 12.6 Å². The zero-order valence-corrected chi connectivity index (χ0v) is 20.9. The Morgan fingerprint density at radius 3 is 2.71 bits per heavy atom. The average Bonchev–Trinajstić information content (AvgIpc) is 3.32. The molecule has 4 aliphatic heterocycles. The number of esters is 1. The zero-order valence-electron chi connectivity index (χ0n) is 20.9. The van der Waals surface area contributed by atoms with Crippen molar-refractivity contribution in [3.05, 3.63) is 47.5 Å². The van der Waals surface area contributed by atoms with Crippen LogP contribution in [0.4, 0.5) is 0 Å². The highest BCUT2D eigenvalue weighted by Crippen LogP contribution is 2.43. The molecular weight excluding hydrogens is 496 g/mol. The van der Waals surface area contributed by atoms with Crippen molar-refractivity contribution >= 4 is 28.6 Å². The Morgan fingerprint density at radius 2 is 1.97 bits per heavy atom. The summed E-state index contributed by atoms with van der Waals surface area (Å²) in [6, 6.07) is 8.12. The largest absolute Gasteiger partial charge is 0.469 e. The number of aliphatic hydroxyl groups is 4. The van der Waals surface area contributed by atoms with Gasteiger partial charge in [0.25, 0.3) is 0 Å². The summed E-state index contributed by atoms with van der Waals surface area (Å²) >= 11 is 0. The van der Waals surface area contributed by atoms with Crippen LogP contribution in [0, 0.1) is 17.8 Å². The van der Waals surface area contributed by atoms with E-state index in [9.17, 15) is 25.2 Å². The molecule has 11 unspecified atom stereocenters. The quantitative estimate of drug-likeness (QED) is 0.176. The predicted molar refractivity (Wildman–Crippen MR) is 132 cm³/mol. The Labute approximate surface area is 218 Å². The number of methoxy groups -OCH3 is 1. The van der Waals surface area contributed by atoms with Crippen LogP contribution >= 0.6 is 0 Å². The van der Waals surface area contributed by atoms with Gasteiger partial charge in [-0.3, -0.25) is 14.4 Å². The van der Waals surface area contributed by atoms with Crippen molar-refractivity contribution in [1.82, 2.24) is 4.98 Å². The number of hydrogen-bond donors (Lipinski definition) is 6. The molecule has 11 heteroatoms. The summed E-state index contributed by atoms with van der Waals surface area (Å²) in [7, 11) is 1.36. The summed E-state index contributed by atoms with van der Waals surface area (Å²) in [6.07, 6.45) is -4.43. The molecule has 0 saturated carbocycles. The van der Waals surface area contributed by atoms with E-state index in [2.05, 4.69) is 23.7 Å². The molecule has 38 heavy (non-hydrogen) atoms. The summed E-state index contributed by atoms with van der Waals surface area (Å²) < 4.78 is 23.3. The molecule has 3 saturated heterocycles. The van der Waals surface area contributed by atoms with Crippen LogP contribution < -0.4 is 15.5 Å². The highest BCUT2D eigenvalue weighted by molar-refractivity contribution is 5.82. The Bertz CT molecular complexity index is 1360. The molecule has 4 aliphatic rings. The molecule has 5 heterocycles. The molecule has 2 bridgehead atoms. The number of nitrogens with one attached hydrogen (secondary N) is 2. The monoisotopic (exact) mass is 529 g/mol. The van der Waals surface area contributed by atoms with Crippen LogP contribution in [0.1, 0.15) is 6.42 Å². The van der Waals surface area contributed by atoms with Crippen LogP contribution in [0.3, 0.4) is 0 Å². The van der Waals surface area contributed by atoms with Crippen molar-refractivity contribution in [3.63, 3.8) is 0 Å². The Kier molecular flexibility index (Phi) is 6.65. The van der Waals surface area contributed by atoms with Crippen LogP contribution in [0.25, 0.3) is 22.7 Å². The summed E-state index contributed by atoms with van der Waals surface area (Å²) in [6.45, 7) is 3.99. The van der Waals surface area contributed by atoms with E-state index >= 15 is 0 Å². The zero-order chi connectivity index (χ0) is 26.7. The highest BCUT2D eigenvalue weighted by Gasteiger charge is 2.59. The fourth-order valence-electron chi connectivity index (χ4n) is 6.57. The van der Waals surface area contributed by atoms with Gasteiger partial charge in [0.05, 0.1) is 13.7 Å². The van der Waals surface area contributed by atoms with Crippen LogP contribution in [-0.2, 0) is 23.7 Å². The fraction of sp³-hybridized carbons (Fsp3) is 0.519. The first-order chi connectivity index (χ1) is 18.4. The van der Waals surface area contributed by atoms with Gasteiger partial charge in [-0.15, -0.1) is 6.58 Å². The minimum Gasteiger partial charge on any atom is -0.469 e. The third kappa shape index (κ3) is 3.85. The third-order valence-electron chi connectivity index (χ3n) is 8.48. The van der Waals surface area contributed by atoms with Gasteiger partial charge >= 0.3 is 5.97 Å². The average molecular weight is 530 g/mol. The van der Waals surface area contributed by atoms with Gasteiger partial charge in [0, 0.05) is 34.4 Å². The lowest BCUT2D eigenvalue weighted by molar-refractivity contribution is -0.892. The topological polar surface area (TPSA) is 155 Å². The van der Waals surface area contributed by atoms with Crippen molar-refractivity contribution in [2.45, 2.75) is 49.6 Å². The van der Waals surface area contributed by atoms with Crippen LogP contribution in [0.2, 0.25) is 0 Å². The molecular formula is C27H33N2O9+. The van der Waals surface area contributed by atoms with Crippen LogP contribution in [-0.4, -0.2) is 94.9 Å². The smallest absolute Gasteiger partial charge is 0.317 e. The molecule has 0 radical (unpaired) electrons. The van der Waals surface area contributed by atoms with E-state index in [1.54, 1.807) is 6.08 Å². The number of quaternary nitrogens is 1. The van der Waals surface area contributed by atoms with Crippen molar-refractivity contribution in [2.24, 2.45) is 17.8 Å². The van der Waals surface area contributed by atoms with E-state index < -0.39 is 61.7 Å². The lowest BCUT2D eigenvalue weighted by Gasteiger charge is -2.51. The second-order valence-corrected chi connectivity index (χ2v) is 10.4. The van der Waals surface area contributed by atoms with Gasteiger partial charge in [-0.2, -0.15) is 0 Å². The molecule has 2 aromatic rings. The molecule has 3 fully saturated rings. The molecule has 11 nitrogen and oxygen atoms in total. The van der Waals surface area contributed by atoms with E-state index in [0.717, 1.165) is 32.1 Å². The molecule has 6 N–H and O–H groups in total. The van der Waals surface area contributed by atoms with E-state index in [1.807, 2.05) is 18.2 Å². The number of benzene rings is 1. The van der Waals surface area contributed by atoms with Gasteiger partial charge in [-0.1, -0.05) is 24.3 Å². The number of fused-ring (bicyclic) bond motifs is 7. The molecule has 0 aliphatic carbocycles. The van der Waals surface area contributed by atoms with Gasteiger partial charge in [-0.05, 0) is 12.1 Å². The van der Waals surface area contributed by atoms with Crippen LogP contribution in [0.15, 0.2) is 36.9 Å². The van der Waals surface area contributed by atoms with Gasteiger partial charge < -0.3 is 39.6 Å². The van der Waals surface area contributed by atoms with Gasteiger partial charge in [-0.25, -0.2) is 0 Å². The van der Waals surface area contributed by atoms with Crippen molar-refractivity contribution in [2.75, 3.05) is 20.3 Å². The van der Waals surface area contributed by atoms with E-state index in [-0.39, 0.29) is 11.9 Å². The van der Waals surface area contributed by atoms with Gasteiger partial charge in [0.1, 0.15) is 47.9 Å². The molecule has 0 spiro atoms. The SMILES string of the molecule is C=CC1C(OC2OC(CO)C(O)C(O)C2O)OC2C(C(=O)OC)C1CC1=c3[nH]c4ccccc4c3=CC[NH+]12. The highest BCUT2D eigenvalue weighted by atomic mass is 16.8. The molecule has 6 rings (SSSR count). The number of aromatic nitrogens is 1. The number of ether oxygens (including phenoxy) is 4. The van der Waals surface area contributed by atoms with Gasteiger partial charge in [0.2, 0.25) is 6.23 Å². The van der Waals surface area contributed by atoms with E-state index in [4.69, 9.17) is 18.9 Å². The Hall–Kier alpha value is -2.61. The number of H-pyrrole nitrogens is 1. The lowest BCUT2D eigenvalue weighted by atomic mass is 9.71. The summed E-state index contributed by atoms with van der Waals surface area (Å²) in [5, 5.41) is 43.8. The summed E-state index contributed by atoms with van der Waals surface area (Å²) in [4.78, 5) is 17.6. The molecule has 11 atom stereocenters. The second-order valence-electron chi connectivity index (χ2n) is 10.4. The fourth-order valence-corrected chi connectivity index (χ4v) is 6.57. The van der Waals surface area contributed by atoms with Crippen molar-refractivity contribution < 1.29 is 49.1 Å². The standard InChI is InChI=1S/C27H32N2O9/c1-3-12-15-10-17-20-14(13-6-4-5-7-16(13)28-20)8-9-29(17)24(19(15)25(34)35-2)37-26(12)38-27-23(33)22(32)21(31)18(11-30)36-27/h3-8,12,15,18-19,21-24,26-28,30-33H,1,9-11H2,2H3/p+1. The normalized spacial score (nSPS) is 40.1. The number of piperidine rings is 1. The van der Waals surface area contributed by atoms with Crippen molar-refractivity contribution in [1.29, 1.82) is 0 Å².